The van der Waals surface area contributed by atoms with Crippen molar-refractivity contribution in [3.05, 3.63) is 58.2 Å². The van der Waals surface area contributed by atoms with Gasteiger partial charge in [-0.05, 0) is 88.8 Å². The van der Waals surface area contributed by atoms with Crippen LogP contribution in [0.2, 0.25) is 0 Å². The second-order valence-electron chi connectivity index (χ2n) is 13.4. The number of aromatic nitrogens is 2. The smallest absolute Gasteiger partial charge is 0.381 e. The molecule has 12 heteroatoms. The minimum absolute atomic E-state index is 0.0673. The first kappa shape index (κ1) is 34.2. The normalized spacial score (nSPS) is 26.8. The molecule has 4 aliphatic heterocycles. The second-order valence-corrected chi connectivity index (χ2v) is 13.4. The summed E-state index contributed by atoms with van der Waals surface area (Å²) in [6.07, 6.45) is 1.89. The second kappa shape index (κ2) is 15.3. The van der Waals surface area contributed by atoms with Crippen LogP contribution in [-0.2, 0) is 26.8 Å². The summed E-state index contributed by atoms with van der Waals surface area (Å²) in [4.78, 5) is 25.7. The topological polar surface area (TPSA) is 85.8 Å². The quantitative estimate of drug-likeness (QED) is 0.334. The lowest BCUT2D eigenvalue weighted by molar-refractivity contribution is -0.137. The van der Waals surface area contributed by atoms with Crippen LogP contribution in [0.5, 0.6) is 0 Å². The van der Waals surface area contributed by atoms with E-state index >= 15 is 0 Å². The highest BCUT2D eigenvalue weighted by atomic mass is 19.4. The molecular weight excluding hydrogens is 616 g/mol. The van der Waals surface area contributed by atoms with Crippen molar-refractivity contribution in [1.82, 2.24) is 20.2 Å². The Balaban J connectivity index is 1.12. The number of carbonyl (C=O) groups excluding carboxylic acids is 1. The van der Waals surface area contributed by atoms with Crippen molar-refractivity contribution in [3.8, 4) is 0 Å². The maximum absolute atomic E-state index is 14.3. The number of carbonyl (C=O) groups is 1. The minimum atomic E-state index is -4.37. The number of likely N-dealkylation sites (tertiary alicyclic amines) is 1. The molecule has 0 radical (unpaired) electrons. The molecule has 4 saturated heterocycles. The fourth-order valence-electron chi connectivity index (χ4n) is 7.31. The van der Waals surface area contributed by atoms with Gasteiger partial charge in [0.2, 0.25) is 0 Å². The third-order valence-corrected chi connectivity index (χ3v) is 10.2. The molecule has 258 valence electrons. The summed E-state index contributed by atoms with van der Waals surface area (Å²) in [5.74, 6) is 0.714. The monoisotopic (exact) mass is 662 g/mol. The number of aryl methyl sites for hydroxylation is 1. The van der Waals surface area contributed by atoms with Crippen LogP contribution in [0.3, 0.4) is 0 Å². The molecule has 47 heavy (non-hydrogen) atoms. The Morgan fingerprint density at radius 3 is 2.38 bits per heavy atom. The minimum Gasteiger partial charge on any atom is -0.381 e. The van der Waals surface area contributed by atoms with Gasteiger partial charge in [-0.25, -0.2) is 14.4 Å². The van der Waals surface area contributed by atoms with Crippen LogP contribution in [0.15, 0.2) is 24.3 Å². The zero-order valence-electron chi connectivity index (χ0n) is 27.1. The first-order valence-corrected chi connectivity index (χ1v) is 17.2. The van der Waals surface area contributed by atoms with E-state index in [9.17, 15) is 22.4 Å². The zero-order chi connectivity index (χ0) is 33.0. The third kappa shape index (κ3) is 8.50. The van der Waals surface area contributed by atoms with Crippen LogP contribution in [0.4, 0.5) is 17.6 Å². The maximum Gasteiger partial charge on any atom is 0.416 e. The Morgan fingerprint density at radius 1 is 0.957 bits per heavy atom. The highest BCUT2D eigenvalue weighted by Crippen LogP contribution is 2.36. The highest BCUT2D eigenvalue weighted by Gasteiger charge is 2.33. The van der Waals surface area contributed by atoms with E-state index in [2.05, 4.69) is 5.32 Å². The van der Waals surface area contributed by atoms with Gasteiger partial charge in [0.15, 0.2) is 0 Å². The Hall–Kier alpha value is -2.67. The largest absolute Gasteiger partial charge is 0.416 e. The van der Waals surface area contributed by atoms with Crippen LogP contribution in [0.25, 0.3) is 0 Å². The molecule has 0 unspecified atom stereocenters. The van der Waals surface area contributed by atoms with Gasteiger partial charge in [0.1, 0.15) is 17.7 Å². The van der Waals surface area contributed by atoms with Gasteiger partial charge >= 0.3 is 6.18 Å². The van der Waals surface area contributed by atoms with Crippen molar-refractivity contribution in [3.63, 3.8) is 0 Å². The van der Waals surface area contributed by atoms with Gasteiger partial charge in [0, 0.05) is 62.2 Å². The summed E-state index contributed by atoms with van der Waals surface area (Å²) >= 11 is 0. The number of amides is 1. The molecule has 0 aliphatic carbocycles. The number of nitrogens with zero attached hydrogens (tertiary/aromatic N) is 3. The molecule has 5 heterocycles. The first-order valence-electron chi connectivity index (χ1n) is 17.2. The molecule has 0 spiro atoms. The fraction of sp³-hybridized carbons (Fsp3) is 0.686. The van der Waals surface area contributed by atoms with Crippen molar-refractivity contribution in [2.45, 2.75) is 114 Å². The summed E-state index contributed by atoms with van der Waals surface area (Å²) in [5.41, 5.74) is 2.17. The number of ether oxygens (including phenoxy) is 3. The van der Waals surface area contributed by atoms with E-state index < -0.39 is 17.9 Å². The van der Waals surface area contributed by atoms with Crippen LogP contribution >= 0.6 is 0 Å². The summed E-state index contributed by atoms with van der Waals surface area (Å²) in [6.45, 7) is 5.03. The van der Waals surface area contributed by atoms with Gasteiger partial charge in [-0.2, -0.15) is 13.2 Å². The molecule has 6 rings (SSSR count). The van der Waals surface area contributed by atoms with Gasteiger partial charge in [-0.3, -0.25) is 4.79 Å². The summed E-state index contributed by atoms with van der Waals surface area (Å²) in [6, 6.07) is 5.22. The van der Waals surface area contributed by atoms with Gasteiger partial charge in [0.05, 0.1) is 24.4 Å². The van der Waals surface area contributed by atoms with Crippen molar-refractivity contribution in [2.75, 3.05) is 39.5 Å². The Morgan fingerprint density at radius 2 is 1.68 bits per heavy atom. The van der Waals surface area contributed by atoms with Crippen molar-refractivity contribution in [2.24, 2.45) is 0 Å². The molecule has 4 aliphatic rings. The molecule has 1 aromatic carbocycles. The zero-order valence-corrected chi connectivity index (χ0v) is 27.1. The van der Waals surface area contributed by atoms with Crippen molar-refractivity contribution >= 4 is 5.91 Å². The van der Waals surface area contributed by atoms with E-state index in [0.717, 1.165) is 73.9 Å². The van der Waals surface area contributed by atoms with E-state index in [1.165, 1.54) is 12.1 Å². The average Bonchev–Trinajstić information content (AvgIpc) is 3.09. The lowest BCUT2D eigenvalue weighted by atomic mass is 9.94. The van der Waals surface area contributed by atoms with E-state index in [1.54, 1.807) is 0 Å². The maximum atomic E-state index is 14.3. The molecular formula is C35H46F4N4O4. The summed E-state index contributed by atoms with van der Waals surface area (Å²) in [5, 5.41) is 3.46. The Kier molecular flexibility index (Phi) is 11.1. The summed E-state index contributed by atoms with van der Waals surface area (Å²) < 4.78 is 70.7. The number of halogens is 4. The van der Waals surface area contributed by atoms with Crippen LogP contribution in [0, 0.1) is 6.92 Å². The summed E-state index contributed by atoms with van der Waals surface area (Å²) in [7, 11) is 0. The average molecular weight is 663 g/mol. The fourth-order valence-corrected chi connectivity index (χ4v) is 7.31. The third-order valence-electron chi connectivity index (χ3n) is 10.2. The molecule has 2 aromatic rings. The number of nitrogens with one attached hydrogen (secondary N) is 1. The number of rotatable bonds is 8. The van der Waals surface area contributed by atoms with Crippen molar-refractivity contribution in [1.29, 1.82) is 0 Å². The Bertz CT molecular complexity index is 1350. The first-order chi connectivity index (χ1) is 22.7. The standard InChI is InChI=1S/C35H46F4N4O4/c1-22-29(10-9-27-3-2-4-31(47-27)23-5-7-25(8-6-23)35(37,38)39)41-33(24-13-18-45-19-14-24)42-32(22)34(44)43-16-11-26(12-17-43)40-30-15-20-46-21-28(30)36/h5-8,24,26-28,30-31,40H,2-4,9-21H2,1H3/t27-,28-,30+,31+/m1/s1. The van der Waals surface area contributed by atoms with E-state index in [1.807, 2.05) is 11.8 Å². The number of hydrogen-bond donors (Lipinski definition) is 1. The van der Waals surface area contributed by atoms with Gasteiger partial charge in [-0.1, -0.05) is 12.1 Å². The highest BCUT2D eigenvalue weighted by molar-refractivity contribution is 5.94. The van der Waals surface area contributed by atoms with Crippen molar-refractivity contribution < 1.29 is 36.6 Å². The number of alkyl halides is 4. The lowest BCUT2D eigenvalue weighted by Gasteiger charge is -2.36. The van der Waals surface area contributed by atoms with Gasteiger partial charge < -0.3 is 24.4 Å². The van der Waals surface area contributed by atoms with E-state index in [-0.39, 0.29) is 42.7 Å². The van der Waals surface area contributed by atoms with Gasteiger partial charge in [0.25, 0.3) is 5.91 Å². The molecule has 1 amide bonds. The number of benzene rings is 1. The molecule has 0 bridgehead atoms. The Labute approximate surface area is 274 Å². The molecule has 4 atom stereocenters. The number of piperidine rings is 1. The predicted molar refractivity (Wildman–Crippen MR) is 167 cm³/mol. The van der Waals surface area contributed by atoms with Crippen LogP contribution in [-0.4, -0.2) is 84.7 Å². The predicted octanol–water partition coefficient (Wildman–Crippen LogP) is 6.26. The molecule has 0 saturated carbocycles. The molecule has 4 fully saturated rings. The molecule has 1 N–H and O–H groups in total. The van der Waals surface area contributed by atoms with Crippen LogP contribution < -0.4 is 5.32 Å². The molecule has 8 nitrogen and oxygen atoms in total. The SMILES string of the molecule is Cc1c(CC[C@H]2CCC[C@@H](c3ccc(C(F)(F)F)cc3)O2)nc(C2CCOCC2)nc1C(=O)N1CCC(N[C@H]2CCOC[C@H]2F)CC1. The lowest BCUT2D eigenvalue weighted by Crippen LogP contribution is -2.52. The molecule has 1 aromatic heterocycles. The van der Waals surface area contributed by atoms with E-state index in [4.69, 9.17) is 24.2 Å². The van der Waals surface area contributed by atoms with E-state index in [0.29, 0.717) is 63.7 Å². The number of hydrogen-bond acceptors (Lipinski definition) is 7. The van der Waals surface area contributed by atoms with Gasteiger partial charge in [-0.15, -0.1) is 0 Å². The van der Waals surface area contributed by atoms with Crippen LogP contribution in [0.1, 0.15) is 109 Å².